The number of nitrogens with zero attached hydrogens (tertiary/aromatic N) is 1. The zero-order valence-electron chi connectivity index (χ0n) is 12.1. The van der Waals surface area contributed by atoms with Crippen LogP contribution in [0.5, 0.6) is 0 Å². The minimum absolute atomic E-state index is 0.167. The summed E-state index contributed by atoms with van der Waals surface area (Å²) in [5.41, 5.74) is 2.78. The van der Waals surface area contributed by atoms with Gasteiger partial charge in [0.2, 0.25) is 0 Å². The second-order valence-electron chi connectivity index (χ2n) is 5.66. The fourth-order valence-corrected chi connectivity index (χ4v) is 2.80. The van der Waals surface area contributed by atoms with E-state index in [4.69, 9.17) is 0 Å². The molecule has 20 heavy (non-hydrogen) atoms. The van der Waals surface area contributed by atoms with Crippen LogP contribution in [0, 0.1) is 0 Å². The highest BCUT2D eigenvalue weighted by Crippen LogP contribution is 2.36. The predicted octanol–water partition coefficient (Wildman–Crippen LogP) is 3.77. The van der Waals surface area contributed by atoms with Gasteiger partial charge in [0, 0.05) is 12.4 Å². The number of rotatable bonds is 6. The molecule has 0 spiro atoms. The predicted molar refractivity (Wildman–Crippen MR) is 81.8 cm³/mol. The molecule has 3 heteroatoms. The molecular weight excluding hydrogens is 246 g/mol. The van der Waals surface area contributed by atoms with Crippen LogP contribution in [0.1, 0.15) is 61.5 Å². The van der Waals surface area contributed by atoms with Crippen molar-refractivity contribution in [2.75, 3.05) is 6.54 Å². The van der Waals surface area contributed by atoms with E-state index in [2.05, 4.69) is 46.5 Å². The Balaban J connectivity index is 1.79. The first kappa shape index (κ1) is 13.4. The molecule has 2 aromatic rings. The molecule has 106 valence electrons. The molecule has 1 aliphatic carbocycles. The number of nitrogens with one attached hydrogen (secondary N) is 2. The molecule has 0 saturated heterocycles. The zero-order chi connectivity index (χ0) is 13.8. The van der Waals surface area contributed by atoms with Gasteiger partial charge in [0.1, 0.15) is 5.82 Å². The van der Waals surface area contributed by atoms with Gasteiger partial charge in [-0.2, -0.15) is 0 Å². The monoisotopic (exact) mass is 269 g/mol. The molecule has 0 aliphatic heterocycles. The average molecular weight is 269 g/mol. The lowest BCUT2D eigenvalue weighted by Crippen LogP contribution is -2.24. The Labute approximate surface area is 120 Å². The maximum atomic E-state index is 4.41. The van der Waals surface area contributed by atoms with Gasteiger partial charge in [0.05, 0.1) is 6.04 Å². The summed E-state index contributed by atoms with van der Waals surface area (Å²) in [7, 11) is 0. The number of imidazole rings is 1. The van der Waals surface area contributed by atoms with E-state index in [1.807, 2.05) is 12.4 Å². The van der Waals surface area contributed by atoms with Crippen molar-refractivity contribution in [3.05, 3.63) is 53.6 Å². The maximum absolute atomic E-state index is 4.41. The maximum Gasteiger partial charge on any atom is 0.127 e. The Morgan fingerprint density at radius 2 is 2.10 bits per heavy atom. The topological polar surface area (TPSA) is 40.7 Å². The fourth-order valence-electron chi connectivity index (χ4n) is 2.80. The van der Waals surface area contributed by atoms with Gasteiger partial charge in [-0.1, -0.05) is 37.6 Å². The largest absolute Gasteiger partial charge is 0.347 e. The van der Waals surface area contributed by atoms with E-state index >= 15 is 0 Å². The first-order valence-corrected chi connectivity index (χ1v) is 7.71. The lowest BCUT2D eigenvalue weighted by atomic mass is 9.80. The van der Waals surface area contributed by atoms with Crippen LogP contribution in [0.2, 0.25) is 0 Å². The average Bonchev–Trinajstić information content (AvgIpc) is 2.93. The molecule has 0 amide bonds. The van der Waals surface area contributed by atoms with Gasteiger partial charge in [-0.05, 0) is 42.9 Å². The van der Waals surface area contributed by atoms with Crippen LogP contribution in [0.3, 0.4) is 0 Å². The molecule has 1 aromatic heterocycles. The van der Waals surface area contributed by atoms with E-state index in [1.165, 1.54) is 30.4 Å². The normalized spacial score (nSPS) is 16.9. The summed E-state index contributed by atoms with van der Waals surface area (Å²) in [5, 5.41) is 3.57. The molecular formula is C17H23N3. The summed E-state index contributed by atoms with van der Waals surface area (Å²) in [6.07, 6.45) is 8.93. The number of aromatic amines is 1. The van der Waals surface area contributed by atoms with Crippen molar-refractivity contribution < 1.29 is 0 Å². The van der Waals surface area contributed by atoms with Crippen LogP contribution in [0.15, 0.2) is 36.7 Å². The Morgan fingerprint density at radius 1 is 1.30 bits per heavy atom. The zero-order valence-corrected chi connectivity index (χ0v) is 12.1. The number of H-pyrrole nitrogens is 1. The Hall–Kier alpha value is -1.61. The summed E-state index contributed by atoms with van der Waals surface area (Å²) in [6, 6.07) is 9.26. The van der Waals surface area contributed by atoms with Gasteiger partial charge >= 0.3 is 0 Å². The van der Waals surface area contributed by atoms with Gasteiger partial charge in [-0.3, -0.25) is 0 Å². The molecule has 1 saturated carbocycles. The van der Waals surface area contributed by atoms with E-state index in [-0.39, 0.29) is 6.04 Å². The SMILES string of the molecule is CCCNC(c1ccc(C2CCC2)cc1)c1ncc[nH]1. The molecule has 3 nitrogen and oxygen atoms in total. The molecule has 1 unspecified atom stereocenters. The summed E-state index contributed by atoms with van der Waals surface area (Å²) in [6.45, 7) is 3.18. The van der Waals surface area contributed by atoms with Crippen molar-refractivity contribution in [3.8, 4) is 0 Å². The summed E-state index contributed by atoms with van der Waals surface area (Å²) in [4.78, 5) is 7.64. The van der Waals surface area contributed by atoms with E-state index in [0.29, 0.717) is 0 Å². The number of aromatic nitrogens is 2. The highest BCUT2D eigenvalue weighted by Gasteiger charge is 2.20. The molecule has 2 N–H and O–H groups in total. The molecule has 1 heterocycles. The second-order valence-corrected chi connectivity index (χ2v) is 5.66. The Kier molecular flexibility index (Phi) is 4.16. The van der Waals surface area contributed by atoms with Crippen LogP contribution >= 0.6 is 0 Å². The first-order valence-electron chi connectivity index (χ1n) is 7.71. The summed E-state index contributed by atoms with van der Waals surface area (Å²) < 4.78 is 0. The van der Waals surface area contributed by atoms with Gasteiger partial charge in [0.15, 0.2) is 0 Å². The third-order valence-electron chi connectivity index (χ3n) is 4.24. The van der Waals surface area contributed by atoms with E-state index in [1.54, 1.807) is 0 Å². The molecule has 1 fully saturated rings. The van der Waals surface area contributed by atoms with Crippen LogP contribution in [-0.4, -0.2) is 16.5 Å². The van der Waals surface area contributed by atoms with Crippen LogP contribution in [-0.2, 0) is 0 Å². The van der Waals surface area contributed by atoms with Crippen molar-refractivity contribution in [1.82, 2.24) is 15.3 Å². The number of hydrogen-bond acceptors (Lipinski definition) is 2. The van der Waals surface area contributed by atoms with Gasteiger partial charge in [-0.25, -0.2) is 4.98 Å². The first-order chi connectivity index (χ1) is 9.88. The van der Waals surface area contributed by atoms with Crippen molar-refractivity contribution in [2.24, 2.45) is 0 Å². The van der Waals surface area contributed by atoms with Gasteiger partial charge < -0.3 is 10.3 Å². The highest BCUT2D eigenvalue weighted by molar-refractivity contribution is 5.31. The van der Waals surface area contributed by atoms with E-state index in [0.717, 1.165) is 24.7 Å². The van der Waals surface area contributed by atoms with Crippen LogP contribution < -0.4 is 5.32 Å². The lowest BCUT2D eigenvalue weighted by Gasteiger charge is -2.26. The second kappa shape index (κ2) is 6.23. The molecule has 1 aliphatic rings. The minimum atomic E-state index is 0.167. The molecule has 0 radical (unpaired) electrons. The standard InChI is InChI=1S/C17H23N3/c1-2-10-18-16(17-19-11-12-20-17)15-8-6-14(7-9-15)13-4-3-5-13/h6-9,11-13,16,18H,2-5,10H2,1H3,(H,19,20). The Morgan fingerprint density at radius 3 is 2.65 bits per heavy atom. The molecule has 1 atom stereocenters. The fraction of sp³-hybridized carbons (Fsp3) is 0.471. The quantitative estimate of drug-likeness (QED) is 0.838. The van der Waals surface area contributed by atoms with Crippen molar-refractivity contribution >= 4 is 0 Å². The van der Waals surface area contributed by atoms with Gasteiger partial charge in [-0.15, -0.1) is 0 Å². The van der Waals surface area contributed by atoms with E-state index < -0.39 is 0 Å². The van der Waals surface area contributed by atoms with Crippen molar-refractivity contribution in [3.63, 3.8) is 0 Å². The van der Waals surface area contributed by atoms with E-state index in [9.17, 15) is 0 Å². The third-order valence-corrected chi connectivity index (χ3v) is 4.24. The minimum Gasteiger partial charge on any atom is -0.347 e. The van der Waals surface area contributed by atoms with Crippen LogP contribution in [0.25, 0.3) is 0 Å². The van der Waals surface area contributed by atoms with Gasteiger partial charge in [0.25, 0.3) is 0 Å². The lowest BCUT2D eigenvalue weighted by molar-refractivity contribution is 0.419. The Bertz CT molecular complexity index is 512. The molecule has 3 rings (SSSR count). The molecule has 0 bridgehead atoms. The van der Waals surface area contributed by atoms with Crippen molar-refractivity contribution in [1.29, 1.82) is 0 Å². The summed E-state index contributed by atoms with van der Waals surface area (Å²) >= 11 is 0. The number of hydrogen-bond donors (Lipinski definition) is 2. The van der Waals surface area contributed by atoms with Crippen molar-refractivity contribution in [2.45, 2.75) is 44.6 Å². The highest BCUT2D eigenvalue weighted by atomic mass is 15.0. The third kappa shape index (κ3) is 2.78. The smallest absolute Gasteiger partial charge is 0.127 e. The summed E-state index contributed by atoms with van der Waals surface area (Å²) in [5.74, 6) is 1.80. The molecule has 1 aromatic carbocycles. The number of benzene rings is 1. The van der Waals surface area contributed by atoms with Crippen LogP contribution in [0.4, 0.5) is 0 Å².